The van der Waals surface area contributed by atoms with E-state index in [-0.39, 0.29) is 17.6 Å². The molecule has 174 valence electrons. The molecule has 0 bridgehead atoms. The molecule has 0 atom stereocenters. The van der Waals surface area contributed by atoms with E-state index in [1.54, 1.807) is 17.0 Å². The molecule has 0 heterocycles. The van der Waals surface area contributed by atoms with E-state index < -0.39 is 12.1 Å². The van der Waals surface area contributed by atoms with Gasteiger partial charge in [0, 0.05) is 18.7 Å². The van der Waals surface area contributed by atoms with Crippen LogP contribution < -0.4 is 9.47 Å². The van der Waals surface area contributed by atoms with Crippen molar-refractivity contribution >= 4 is 12.1 Å². The van der Waals surface area contributed by atoms with E-state index in [1.165, 1.54) is 5.56 Å². The molecule has 0 unspecified atom stereocenters. The third-order valence-corrected chi connectivity index (χ3v) is 5.54. The zero-order valence-corrected chi connectivity index (χ0v) is 20.5. The Bertz CT molecular complexity index is 912. The largest absolute Gasteiger partial charge is 0.419 e. The van der Waals surface area contributed by atoms with Crippen LogP contribution in [0.25, 0.3) is 0 Å². The molecular formula is C27H37NO4. The summed E-state index contributed by atoms with van der Waals surface area (Å²) in [5.41, 5.74) is 3.52. The Labute approximate surface area is 192 Å². The van der Waals surface area contributed by atoms with E-state index in [4.69, 9.17) is 9.47 Å². The van der Waals surface area contributed by atoms with Gasteiger partial charge < -0.3 is 14.4 Å². The third kappa shape index (κ3) is 6.35. The van der Waals surface area contributed by atoms with Gasteiger partial charge in [-0.15, -0.1) is 0 Å². The normalized spacial score (nSPS) is 11.0. The topological polar surface area (TPSA) is 55.8 Å². The number of ether oxygens (including phenoxy) is 2. The first-order valence-electron chi connectivity index (χ1n) is 11.7. The highest BCUT2D eigenvalue weighted by Crippen LogP contribution is 2.40. The predicted octanol–water partition coefficient (Wildman–Crippen LogP) is 6.95. The summed E-state index contributed by atoms with van der Waals surface area (Å²) in [5, 5.41) is 0. The van der Waals surface area contributed by atoms with Crippen LogP contribution in [0, 0.1) is 0 Å². The Morgan fingerprint density at radius 2 is 1.50 bits per heavy atom. The lowest BCUT2D eigenvalue weighted by molar-refractivity contribution is 0.0726. The maximum atomic E-state index is 13.0. The molecule has 0 aromatic heterocycles. The van der Waals surface area contributed by atoms with Crippen molar-refractivity contribution in [1.29, 1.82) is 0 Å². The molecule has 5 nitrogen and oxygen atoms in total. The minimum Gasteiger partial charge on any atom is -0.419 e. The van der Waals surface area contributed by atoms with E-state index >= 15 is 0 Å². The summed E-state index contributed by atoms with van der Waals surface area (Å²) in [4.78, 5) is 27.3. The second kappa shape index (κ2) is 11.7. The summed E-state index contributed by atoms with van der Waals surface area (Å²) in [7, 11) is 0. The fraction of sp³-hybridized carbons (Fsp3) is 0.481. The molecule has 0 spiro atoms. The first-order chi connectivity index (χ1) is 15.2. The first kappa shape index (κ1) is 25.4. The van der Waals surface area contributed by atoms with Gasteiger partial charge in [-0.1, -0.05) is 59.2 Å². The number of hydrogen-bond donors (Lipinski definition) is 0. The Kier molecular flexibility index (Phi) is 9.30. The molecule has 0 aliphatic heterocycles. The van der Waals surface area contributed by atoms with Crippen molar-refractivity contribution in [3.63, 3.8) is 0 Å². The molecule has 32 heavy (non-hydrogen) atoms. The molecule has 0 N–H and O–H groups in total. The average Bonchev–Trinajstić information content (AvgIpc) is 2.75. The van der Waals surface area contributed by atoms with E-state index in [0.717, 1.165) is 24.0 Å². The van der Waals surface area contributed by atoms with Crippen molar-refractivity contribution in [2.24, 2.45) is 0 Å². The summed E-state index contributed by atoms with van der Waals surface area (Å²) < 4.78 is 11.6. The molecule has 2 rings (SSSR count). The van der Waals surface area contributed by atoms with Gasteiger partial charge in [-0.3, -0.25) is 0 Å². The van der Waals surface area contributed by atoms with E-state index in [2.05, 4.69) is 20.8 Å². The van der Waals surface area contributed by atoms with Crippen LogP contribution in [-0.2, 0) is 6.42 Å². The number of benzene rings is 2. The number of carbonyl (C=O) groups is 2. The molecule has 0 fully saturated rings. The van der Waals surface area contributed by atoms with E-state index in [9.17, 15) is 9.59 Å². The highest BCUT2D eigenvalue weighted by molar-refractivity contribution is 5.91. The fourth-order valence-corrected chi connectivity index (χ4v) is 3.48. The third-order valence-electron chi connectivity index (χ3n) is 5.54. The minimum absolute atomic E-state index is 0.0824. The smallest absolute Gasteiger partial charge is 0.415 e. The maximum absolute atomic E-state index is 13.0. The lowest BCUT2D eigenvalue weighted by Gasteiger charge is -2.23. The molecule has 0 aliphatic carbocycles. The Hall–Kier alpha value is -2.82. The number of hydrogen-bond acceptors (Lipinski definition) is 4. The van der Waals surface area contributed by atoms with Crippen molar-refractivity contribution in [2.45, 2.75) is 73.1 Å². The van der Waals surface area contributed by atoms with Crippen LogP contribution in [0.3, 0.4) is 0 Å². The highest BCUT2D eigenvalue weighted by Gasteiger charge is 2.24. The Morgan fingerprint density at radius 3 is 2.00 bits per heavy atom. The molecule has 2 aromatic rings. The lowest BCUT2D eigenvalue weighted by Crippen LogP contribution is -2.33. The monoisotopic (exact) mass is 439 g/mol. The van der Waals surface area contributed by atoms with Crippen molar-refractivity contribution in [3.8, 4) is 11.5 Å². The highest BCUT2D eigenvalue weighted by atomic mass is 16.6. The number of amides is 1. The zero-order valence-electron chi connectivity index (χ0n) is 20.5. The number of carbonyl (C=O) groups excluding carboxylic acids is 2. The van der Waals surface area contributed by atoms with Crippen LogP contribution in [0.2, 0.25) is 0 Å². The Morgan fingerprint density at radius 1 is 0.875 bits per heavy atom. The SMILES string of the molecule is CCCc1ccc(C(=O)Oc2cc(C(C)C)cc(C(C)C)c2OC(=O)N(CC)CC)cc1. The van der Waals surface area contributed by atoms with Crippen molar-refractivity contribution < 1.29 is 19.1 Å². The molecule has 0 aliphatic rings. The average molecular weight is 440 g/mol. The molecule has 0 radical (unpaired) electrons. The van der Waals surface area contributed by atoms with E-state index in [1.807, 2.05) is 52.0 Å². The fourth-order valence-electron chi connectivity index (χ4n) is 3.48. The van der Waals surface area contributed by atoms with Gasteiger partial charge in [-0.25, -0.2) is 9.59 Å². The van der Waals surface area contributed by atoms with Crippen LogP contribution in [0.4, 0.5) is 4.79 Å². The molecule has 5 heteroatoms. The number of nitrogens with zero attached hydrogens (tertiary/aromatic N) is 1. The van der Waals surface area contributed by atoms with E-state index in [0.29, 0.717) is 24.4 Å². The van der Waals surface area contributed by atoms with Crippen LogP contribution in [0.5, 0.6) is 11.5 Å². The summed E-state index contributed by atoms with van der Waals surface area (Å²) in [5.74, 6) is 0.439. The summed E-state index contributed by atoms with van der Waals surface area (Å²) in [6, 6.07) is 11.3. The lowest BCUT2D eigenvalue weighted by atomic mass is 9.94. The number of aryl methyl sites for hydroxylation is 1. The van der Waals surface area contributed by atoms with Crippen molar-refractivity contribution in [1.82, 2.24) is 4.90 Å². The molecule has 0 saturated heterocycles. The van der Waals surface area contributed by atoms with Gasteiger partial charge in [-0.05, 0) is 61.4 Å². The van der Waals surface area contributed by atoms with Gasteiger partial charge in [0.05, 0.1) is 5.56 Å². The molecular weight excluding hydrogens is 402 g/mol. The van der Waals surface area contributed by atoms with Gasteiger partial charge in [0.1, 0.15) is 0 Å². The quantitative estimate of drug-likeness (QED) is 0.313. The van der Waals surface area contributed by atoms with Crippen LogP contribution >= 0.6 is 0 Å². The van der Waals surface area contributed by atoms with Crippen LogP contribution in [-0.4, -0.2) is 30.1 Å². The maximum Gasteiger partial charge on any atom is 0.415 e. The van der Waals surface area contributed by atoms with Crippen molar-refractivity contribution in [3.05, 3.63) is 58.7 Å². The van der Waals surface area contributed by atoms with Gasteiger partial charge in [0.25, 0.3) is 0 Å². The number of rotatable bonds is 9. The van der Waals surface area contributed by atoms with Gasteiger partial charge in [-0.2, -0.15) is 0 Å². The molecule has 2 aromatic carbocycles. The predicted molar refractivity (Wildman–Crippen MR) is 129 cm³/mol. The summed E-state index contributed by atoms with van der Waals surface area (Å²) in [6.45, 7) is 15.2. The molecule has 1 amide bonds. The first-order valence-corrected chi connectivity index (χ1v) is 11.7. The Balaban J connectivity index is 2.47. The van der Waals surface area contributed by atoms with Crippen molar-refractivity contribution in [2.75, 3.05) is 13.1 Å². The van der Waals surface area contributed by atoms with Crippen LogP contribution in [0.1, 0.15) is 93.8 Å². The standard InChI is InChI=1S/C27H37NO4/c1-8-11-20-12-14-21(15-13-20)26(29)31-24-17-22(18(4)5)16-23(19(6)7)25(24)32-27(30)28(9-2)10-3/h12-19H,8-11H2,1-7H3. The van der Waals surface area contributed by atoms with Crippen LogP contribution in [0.15, 0.2) is 36.4 Å². The number of esters is 1. The van der Waals surface area contributed by atoms with Gasteiger partial charge in [0.2, 0.25) is 0 Å². The summed E-state index contributed by atoms with van der Waals surface area (Å²) in [6.07, 6.45) is 1.57. The summed E-state index contributed by atoms with van der Waals surface area (Å²) >= 11 is 0. The zero-order chi connectivity index (χ0) is 23.8. The molecule has 0 saturated carbocycles. The van der Waals surface area contributed by atoms with Gasteiger partial charge in [0.15, 0.2) is 11.5 Å². The minimum atomic E-state index is -0.469. The second-order valence-corrected chi connectivity index (χ2v) is 8.62. The second-order valence-electron chi connectivity index (χ2n) is 8.62. The van der Waals surface area contributed by atoms with Gasteiger partial charge >= 0.3 is 12.1 Å².